The fraction of sp³-hybridized carbons (Fsp3) is 0.0625. The highest BCUT2D eigenvalue weighted by Gasteiger charge is 2.19. The van der Waals surface area contributed by atoms with Gasteiger partial charge in [0.1, 0.15) is 0 Å². The van der Waals surface area contributed by atoms with Crippen LogP contribution in [0.1, 0.15) is 11.1 Å². The molecule has 134 valence electrons. The molecule has 0 aliphatic rings. The first-order valence-electron chi connectivity index (χ1n) is 7.34. The lowest BCUT2D eigenvalue weighted by molar-refractivity contribution is -0.385. The van der Waals surface area contributed by atoms with E-state index < -0.39 is 14.9 Å². The summed E-state index contributed by atoms with van der Waals surface area (Å²) < 4.78 is 25.5. The van der Waals surface area contributed by atoms with Crippen molar-refractivity contribution in [3.63, 3.8) is 0 Å². The first kappa shape index (κ1) is 18.1. The van der Waals surface area contributed by atoms with Crippen molar-refractivity contribution in [2.24, 2.45) is 5.10 Å². The molecule has 0 amide bonds. The van der Waals surface area contributed by atoms with Crippen LogP contribution in [0.4, 0.5) is 5.69 Å². The SMILES string of the molecule is Cc1ccc(S(=O)(=O)N/N=C/c2c[nH]c3ccc(Br)cc23)cc1[N+](=O)[O-]. The Kier molecular flexibility index (Phi) is 4.79. The third-order valence-electron chi connectivity index (χ3n) is 3.74. The molecule has 0 fully saturated rings. The largest absolute Gasteiger partial charge is 0.361 e. The molecule has 0 saturated heterocycles. The van der Waals surface area contributed by atoms with Crippen LogP contribution in [0.25, 0.3) is 10.9 Å². The van der Waals surface area contributed by atoms with Crippen molar-refractivity contribution >= 4 is 48.8 Å². The van der Waals surface area contributed by atoms with Gasteiger partial charge in [-0.15, -0.1) is 0 Å². The Morgan fingerprint density at radius 2 is 2.04 bits per heavy atom. The van der Waals surface area contributed by atoms with Crippen molar-refractivity contribution in [3.8, 4) is 0 Å². The number of hydrogen-bond acceptors (Lipinski definition) is 5. The highest BCUT2D eigenvalue weighted by molar-refractivity contribution is 9.10. The van der Waals surface area contributed by atoms with Crippen LogP contribution in [-0.4, -0.2) is 24.5 Å². The minimum absolute atomic E-state index is 0.228. The van der Waals surface area contributed by atoms with Crippen molar-refractivity contribution in [2.75, 3.05) is 0 Å². The van der Waals surface area contributed by atoms with Gasteiger partial charge in [-0.1, -0.05) is 22.0 Å². The molecule has 3 aromatic rings. The third-order valence-corrected chi connectivity index (χ3v) is 5.45. The summed E-state index contributed by atoms with van der Waals surface area (Å²) in [6.45, 7) is 1.54. The number of fused-ring (bicyclic) bond motifs is 1. The number of nitro benzene ring substituents is 1. The minimum Gasteiger partial charge on any atom is -0.361 e. The van der Waals surface area contributed by atoms with E-state index in [0.717, 1.165) is 21.4 Å². The number of hydrogen-bond donors (Lipinski definition) is 2. The number of rotatable bonds is 5. The van der Waals surface area contributed by atoms with Gasteiger partial charge in [0.25, 0.3) is 15.7 Å². The van der Waals surface area contributed by atoms with Crippen molar-refractivity contribution < 1.29 is 13.3 Å². The summed E-state index contributed by atoms with van der Waals surface area (Å²) in [5.41, 5.74) is 1.69. The lowest BCUT2D eigenvalue weighted by Crippen LogP contribution is -2.18. The van der Waals surface area contributed by atoms with E-state index in [2.05, 4.69) is 30.8 Å². The molecule has 0 atom stereocenters. The molecular formula is C16H13BrN4O4S. The highest BCUT2D eigenvalue weighted by atomic mass is 79.9. The lowest BCUT2D eigenvalue weighted by atomic mass is 10.2. The lowest BCUT2D eigenvalue weighted by Gasteiger charge is -2.04. The second kappa shape index (κ2) is 6.89. The average Bonchev–Trinajstić information content (AvgIpc) is 2.97. The number of nitrogens with zero attached hydrogens (tertiary/aromatic N) is 2. The van der Waals surface area contributed by atoms with Crippen LogP contribution >= 0.6 is 15.9 Å². The Hall–Kier alpha value is -2.72. The third kappa shape index (κ3) is 3.60. The monoisotopic (exact) mass is 436 g/mol. The van der Waals surface area contributed by atoms with Crippen LogP contribution in [0.15, 0.2) is 57.1 Å². The molecule has 0 bridgehead atoms. The summed E-state index contributed by atoms with van der Waals surface area (Å²) in [7, 11) is -4.02. The van der Waals surface area contributed by atoms with E-state index in [1.54, 1.807) is 6.20 Å². The number of aromatic nitrogens is 1. The molecule has 2 aromatic carbocycles. The van der Waals surface area contributed by atoms with E-state index in [-0.39, 0.29) is 10.6 Å². The van der Waals surface area contributed by atoms with E-state index in [1.165, 1.54) is 25.3 Å². The molecule has 1 aromatic heterocycles. The zero-order valence-corrected chi connectivity index (χ0v) is 15.8. The zero-order chi connectivity index (χ0) is 18.9. The summed E-state index contributed by atoms with van der Waals surface area (Å²) in [6.07, 6.45) is 3.07. The normalized spacial score (nSPS) is 11.9. The van der Waals surface area contributed by atoms with E-state index in [9.17, 15) is 18.5 Å². The maximum atomic E-state index is 12.3. The van der Waals surface area contributed by atoms with E-state index in [0.29, 0.717) is 11.1 Å². The van der Waals surface area contributed by atoms with Crippen LogP contribution in [0.2, 0.25) is 0 Å². The fourth-order valence-electron chi connectivity index (χ4n) is 2.39. The maximum absolute atomic E-state index is 12.3. The molecule has 0 aliphatic carbocycles. The fourth-order valence-corrected chi connectivity index (χ4v) is 3.56. The average molecular weight is 437 g/mol. The van der Waals surface area contributed by atoms with Gasteiger partial charge in [0.15, 0.2) is 0 Å². The molecular weight excluding hydrogens is 424 g/mol. The summed E-state index contributed by atoms with van der Waals surface area (Å²) in [5, 5.41) is 15.6. The molecule has 2 N–H and O–H groups in total. The Morgan fingerprint density at radius 1 is 1.27 bits per heavy atom. The van der Waals surface area contributed by atoms with Gasteiger partial charge in [0.2, 0.25) is 0 Å². The van der Waals surface area contributed by atoms with Gasteiger partial charge in [-0.3, -0.25) is 10.1 Å². The Bertz CT molecular complexity index is 1140. The Balaban J connectivity index is 1.86. The van der Waals surface area contributed by atoms with Crippen LogP contribution in [0.3, 0.4) is 0 Å². The number of hydrazone groups is 1. The predicted octanol–water partition coefficient (Wildman–Crippen LogP) is 3.46. The first-order valence-corrected chi connectivity index (χ1v) is 9.62. The number of H-pyrrole nitrogens is 1. The van der Waals surface area contributed by atoms with Gasteiger partial charge in [-0.25, -0.2) is 4.83 Å². The summed E-state index contributed by atoms with van der Waals surface area (Å²) >= 11 is 3.38. The molecule has 0 spiro atoms. The van der Waals surface area contributed by atoms with Crippen molar-refractivity contribution in [2.45, 2.75) is 11.8 Å². The standard InChI is InChI=1S/C16H13BrN4O4S/c1-10-2-4-13(7-16(10)21(22)23)26(24,25)20-19-9-11-8-18-15-5-3-12(17)6-14(11)15/h2-9,18,20H,1H3/b19-9+. The molecule has 0 aliphatic heterocycles. The van der Waals surface area contributed by atoms with Crippen LogP contribution in [-0.2, 0) is 10.0 Å². The van der Waals surface area contributed by atoms with Crippen LogP contribution in [0, 0.1) is 17.0 Å². The van der Waals surface area contributed by atoms with E-state index in [4.69, 9.17) is 0 Å². The van der Waals surface area contributed by atoms with E-state index >= 15 is 0 Å². The number of sulfonamides is 1. The second-order valence-electron chi connectivity index (χ2n) is 5.49. The van der Waals surface area contributed by atoms with Gasteiger partial charge >= 0.3 is 0 Å². The van der Waals surface area contributed by atoms with Crippen LogP contribution in [0.5, 0.6) is 0 Å². The van der Waals surface area contributed by atoms with Gasteiger partial charge in [0, 0.05) is 38.8 Å². The number of nitro groups is 1. The Labute approximate surface area is 157 Å². The predicted molar refractivity (Wildman–Crippen MR) is 102 cm³/mol. The van der Waals surface area contributed by atoms with Crippen molar-refractivity contribution in [3.05, 3.63) is 68.3 Å². The molecule has 0 saturated carbocycles. The smallest absolute Gasteiger partial charge is 0.276 e. The van der Waals surface area contributed by atoms with Gasteiger partial charge in [-0.2, -0.15) is 13.5 Å². The maximum Gasteiger partial charge on any atom is 0.276 e. The van der Waals surface area contributed by atoms with Crippen molar-refractivity contribution in [1.82, 2.24) is 9.82 Å². The molecule has 26 heavy (non-hydrogen) atoms. The number of aromatic amines is 1. The number of aryl methyl sites for hydroxylation is 1. The second-order valence-corrected chi connectivity index (χ2v) is 8.07. The molecule has 0 unspecified atom stereocenters. The topological polar surface area (TPSA) is 117 Å². The minimum atomic E-state index is -4.02. The zero-order valence-electron chi connectivity index (χ0n) is 13.4. The van der Waals surface area contributed by atoms with Crippen LogP contribution < -0.4 is 4.83 Å². The summed E-state index contributed by atoms with van der Waals surface area (Å²) in [4.78, 5) is 15.3. The number of halogens is 1. The van der Waals surface area contributed by atoms with E-state index in [1.807, 2.05) is 18.2 Å². The Morgan fingerprint density at radius 3 is 2.77 bits per heavy atom. The molecule has 10 heteroatoms. The molecule has 1 heterocycles. The highest BCUT2D eigenvalue weighted by Crippen LogP contribution is 2.23. The first-order chi connectivity index (χ1) is 12.3. The number of nitrogens with one attached hydrogen (secondary N) is 2. The summed E-state index contributed by atoms with van der Waals surface area (Å²) in [6, 6.07) is 9.33. The van der Waals surface area contributed by atoms with Crippen molar-refractivity contribution in [1.29, 1.82) is 0 Å². The van der Waals surface area contributed by atoms with Gasteiger partial charge in [0.05, 0.1) is 16.0 Å². The summed E-state index contributed by atoms with van der Waals surface area (Å²) in [5.74, 6) is 0. The van der Waals surface area contributed by atoms with Gasteiger partial charge in [-0.05, 0) is 31.2 Å². The van der Waals surface area contributed by atoms with Gasteiger partial charge < -0.3 is 4.98 Å². The molecule has 3 rings (SSSR count). The molecule has 8 nitrogen and oxygen atoms in total. The quantitative estimate of drug-likeness (QED) is 0.361. The molecule has 0 radical (unpaired) electrons. The number of benzene rings is 2.